The first kappa shape index (κ1) is 20.3. The molecule has 0 amide bonds. The van der Waals surface area contributed by atoms with Crippen LogP contribution in [0.5, 0.6) is 0 Å². The van der Waals surface area contributed by atoms with Gasteiger partial charge in [-0.05, 0) is 83.9 Å². The number of rotatable bonds is 3. The van der Waals surface area contributed by atoms with Crippen LogP contribution in [0.4, 0.5) is 0 Å². The molecule has 0 saturated heterocycles. The standard InChI is InChI=1S/C42H26O/c1-2-11-27(12-3-1)28-21-23-29(24-22-28)40-32-15-6-8-17-34(32)41(35-18-9-7-16-33(35)40)36-19-10-20-38-42(36)37-25-30-13-4-5-14-31(30)26-39(37)43-38/h1-26H/i21D,22D,23D,24D. The molecule has 1 heteroatoms. The van der Waals surface area contributed by atoms with Crippen LogP contribution in [0.15, 0.2) is 162 Å². The Balaban J connectivity index is 1.41. The highest BCUT2D eigenvalue weighted by Crippen LogP contribution is 2.47. The van der Waals surface area contributed by atoms with Gasteiger partial charge in [0.1, 0.15) is 11.2 Å². The molecule has 0 radical (unpaired) electrons. The first-order valence-electron chi connectivity index (χ1n) is 16.4. The summed E-state index contributed by atoms with van der Waals surface area (Å²) in [7, 11) is 0. The maximum absolute atomic E-state index is 9.27. The van der Waals surface area contributed by atoms with Crippen LogP contribution in [0.2, 0.25) is 0 Å². The summed E-state index contributed by atoms with van der Waals surface area (Å²) in [5.41, 5.74) is 5.69. The van der Waals surface area contributed by atoms with Crippen molar-refractivity contribution in [2.24, 2.45) is 0 Å². The molecule has 0 saturated carbocycles. The van der Waals surface area contributed by atoms with Crippen molar-refractivity contribution in [1.82, 2.24) is 0 Å². The van der Waals surface area contributed by atoms with E-state index in [1.165, 1.54) is 0 Å². The van der Waals surface area contributed by atoms with E-state index in [9.17, 15) is 2.74 Å². The minimum absolute atomic E-state index is 0.0497. The Bertz CT molecular complexity index is 2640. The molecule has 0 aliphatic heterocycles. The van der Waals surface area contributed by atoms with E-state index in [2.05, 4.69) is 48.5 Å². The lowest BCUT2D eigenvalue weighted by Gasteiger charge is -2.18. The summed E-state index contributed by atoms with van der Waals surface area (Å²) < 4.78 is 43.1. The van der Waals surface area contributed by atoms with E-state index in [0.717, 1.165) is 65.4 Å². The van der Waals surface area contributed by atoms with Gasteiger partial charge in [-0.3, -0.25) is 0 Å². The SMILES string of the molecule is [2H]c1c([2H])c(-c2c3ccccc3c(-c3cccc4oc5cc6ccccc6cc5c34)c3ccccc23)c([2H])c([2H])c1-c1ccccc1. The number of fused-ring (bicyclic) bond motifs is 6. The summed E-state index contributed by atoms with van der Waals surface area (Å²) in [4.78, 5) is 0. The zero-order chi connectivity index (χ0) is 31.8. The van der Waals surface area contributed by atoms with E-state index >= 15 is 0 Å². The van der Waals surface area contributed by atoms with Crippen molar-refractivity contribution in [3.05, 3.63) is 158 Å². The van der Waals surface area contributed by atoms with Crippen molar-refractivity contribution in [3.8, 4) is 33.4 Å². The summed E-state index contributed by atoms with van der Waals surface area (Å²) in [5.74, 6) is 0. The summed E-state index contributed by atoms with van der Waals surface area (Å²) in [5, 5.41) is 8.01. The first-order valence-corrected chi connectivity index (χ1v) is 14.4. The third kappa shape index (κ3) is 3.72. The second-order valence-corrected chi connectivity index (χ2v) is 10.9. The molecule has 0 bridgehead atoms. The van der Waals surface area contributed by atoms with Crippen LogP contribution >= 0.6 is 0 Å². The predicted octanol–water partition coefficient (Wildman–Crippen LogP) is 12.0. The van der Waals surface area contributed by atoms with Gasteiger partial charge in [0.05, 0.1) is 5.48 Å². The molecule has 0 fully saturated rings. The molecule has 1 nitrogen and oxygen atoms in total. The van der Waals surface area contributed by atoms with Crippen LogP contribution in [0.25, 0.3) is 87.6 Å². The lowest BCUT2D eigenvalue weighted by molar-refractivity contribution is 0.669. The topological polar surface area (TPSA) is 13.1 Å². The van der Waals surface area contributed by atoms with Gasteiger partial charge in [0.2, 0.25) is 0 Å². The van der Waals surface area contributed by atoms with Crippen LogP contribution in [0, 0.1) is 0 Å². The van der Waals surface area contributed by atoms with Crippen LogP contribution in [0.3, 0.4) is 0 Å². The molecule has 8 aromatic carbocycles. The summed E-state index contributed by atoms with van der Waals surface area (Å²) >= 11 is 0. The summed E-state index contributed by atoms with van der Waals surface area (Å²) in [6.07, 6.45) is 0. The average molecular weight is 551 g/mol. The minimum atomic E-state index is -0.0530. The van der Waals surface area contributed by atoms with Gasteiger partial charge in [-0.15, -0.1) is 0 Å². The van der Waals surface area contributed by atoms with E-state index < -0.39 is 0 Å². The quantitative estimate of drug-likeness (QED) is 0.199. The number of hydrogen-bond acceptors (Lipinski definition) is 1. The van der Waals surface area contributed by atoms with Gasteiger partial charge in [0.15, 0.2) is 0 Å². The molecule has 0 spiro atoms. The minimum Gasteiger partial charge on any atom is -0.456 e. The van der Waals surface area contributed by atoms with Gasteiger partial charge in [-0.25, -0.2) is 0 Å². The monoisotopic (exact) mass is 550 g/mol. The zero-order valence-electron chi connectivity index (χ0n) is 27.1. The highest BCUT2D eigenvalue weighted by Gasteiger charge is 2.20. The second-order valence-electron chi connectivity index (χ2n) is 10.9. The Kier molecular flexibility index (Phi) is 4.45. The smallest absolute Gasteiger partial charge is 0.136 e. The maximum atomic E-state index is 9.27. The van der Waals surface area contributed by atoms with Gasteiger partial charge < -0.3 is 4.42 Å². The Hall–Kier alpha value is -5.66. The van der Waals surface area contributed by atoms with Crippen LogP contribution in [-0.4, -0.2) is 0 Å². The molecular weight excluding hydrogens is 520 g/mol. The van der Waals surface area contributed by atoms with Crippen molar-refractivity contribution in [1.29, 1.82) is 0 Å². The third-order valence-corrected chi connectivity index (χ3v) is 8.50. The largest absolute Gasteiger partial charge is 0.456 e. The van der Waals surface area contributed by atoms with Crippen molar-refractivity contribution < 1.29 is 9.90 Å². The third-order valence-electron chi connectivity index (χ3n) is 8.50. The van der Waals surface area contributed by atoms with Crippen LogP contribution in [-0.2, 0) is 0 Å². The van der Waals surface area contributed by atoms with Crippen molar-refractivity contribution >= 4 is 54.3 Å². The Labute approximate surface area is 254 Å². The second kappa shape index (κ2) is 9.44. The molecule has 1 aromatic heterocycles. The molecule has 0 aliphatic rings. The molecule has 0 aliphatic carbocycles. The Morgan fingerprint density at radius 2 is 0.953 bits per heavy atom. The number of furan rings is 1. The van der Waals surface area contributed by atoms with E-state index in [0.29, 0.717) is 22.3 Å². The van der Waals surface area contributed by atoms with E-state index in [1.54, 1.807) is 0 Å². The fourth-order valence-electron chi connectivity index (χ4n) is 6.59. The molecule has 0 atom stereocenters. The predicted molar refractivity (Wildman–Crippen MR) is 183 cm³/mol. The van der Waals surface area contributed by atoms with Crippen LogP contribution in [0.1, 0.15) is 5.48 Å². The average Bonchev–Trinajstić information content (AvgIpc) is 3.48. The normalized spacial score (nSPS) is 13.0. The molecule has 43 heavy (non-hydrogen) atoms. The first-order chi connectivity index (χ1) is 23.0. The van der Waals surface area contributed by atoms with Gasteiger partial charge in [-0.1, -0.05) is 139 Å². The maximum Gasteiger partial charge on any atom is 0.136 e. The highest BCUT2D eigenvalue weighted by atomic mass is 16.3. The van der Waals surface area contributed by atoms with E-state index in [1.807, 2.05) is 84.9 Å². The molecule has 0 unspecified atom stereocenters. The molecule has 200 valence electrons. The van der Waals surface area contributed by atoms with Gasteiger partial charge in [0, 0.05) is 10.8 Å². The summed E-state index contributed by atoms with van der Waals surface area (Å²) in [6, 6.07) is 44.0. The zero-order valence-corrected chi connectivity index (χ0v) is 23.1. The Morgan fingerprint density at radius 1 is 0.395 bits per heavy atom. The van der Waals surface area contributed by atoms with Crippen molar-refractivity contribution in [2.45, 2.75) is 0 Å². The number of hydrogen-bond donors (Lipinski definition) is 0. The lowest BCUT2D eigenvalue weighted by atomic mass is 9.84. The molecule has 9 aromatic rings. The molecule has 1 heterocycles. The molecule has 0 N–H and O–H groups in total. The van der Waals surface area contributed by atoms with Crippen molar-refractivity contribution in [2.75, 3.05) is 0 Å². The highest BCUT2D eigenvalue weighted by molar-refractivity contribution is 6.26. The molecule has 9 rings (SSSR count). The lowest BCUT2D eigenvalue weighted by Crippen LogP contribution is -1.91. The van der Waals surface area contributed by atoms with E-state index in [-0.39, 0.29) is 24.2 Å². The fraction of sp³-hybridized carbons (Fsp3) is 0. The summed E-state index contributed by atoms with van der Waals surface area (Å²) in [6.45, 7) is 0. The van der Waals surface area contributed by atoms with Crippen LogP contribution < -0.4 is 0 Å². The van der Waals surface area contributed by atoms with Crippen molar-refractivity contribution in [3.63, 3.8) is 0 Å². The van der Waals surface area contributed by atoms with Gasteiger partial charge >= 0.3 is 0 Å². The van der Waals surface area contributed by atoms with E-state index in [4.69, 9.17) is 7.16 Å². The van der Waals surface area contributed by atoms with Gasteiger partial charge in [-0.2, -0.15) is 0 Å². The molecular formula is C42H26O. The fourth-order valence-corrected chi connectivity index (χ4v) is 6.59. The Morgan fingerprint density at radius 3 is 1.63 bits per heavy atom. The van der Waals surface area contributed by atoms with Gasteiger partial charge in [0.25, 0.3) is 0 Å². The number of benzene rings is 8.